The molecule has 0 heterocycles. The van der Waals surface area contributed by atoms with Crippen LogP contribution in [-0.4, -0.2) is 17.8 Å². The van der Waals surface area contributed by atoms with Gasteiger partial charge in [-0.05, 0) is 5.56 Å². The summed E-state index contributed by atoms with van der Waals surface area (Å²) in [7, 11) is 0. The zero-order valence-corrected chi connectivity index (χ0v) is 10.7. The Morgan fingerprint density at radius 1 is 1.30 bits per heavy atom. The van der Waals surface area contributed by atoms with Crippen molar-refractivity contribution in [2.24, 2.45) is 0 Å². The molecule has 0 aliphatic heterocycles. The lowest BCUT2D eigenvalue weighted by molar-refractivity contribution is -0.205. The topological polar surface area (TPSA) is 38.3 Å². The first-order valence-electron chi connectivity index (χ1n) is 6.05. The molecular weight excluding hydrogens is 271 g/mol. The Balaban J connectivity index is 1.92. The van der Waals surface area contributed by atoms with Crippen LogP contribution in [0.2, 0.25) is 0 Å². The number of nitrogens with one attached hydrogen (secondary N) is 1. The van der Waals surface area contributed by atoms with Gasteiger partial charge in [0.05, 0.1) is 0 Å². The number of alkyl halides is 3. The van der Waals surface area contributed by atoms with E-state index in [9.17, 15) is 18.0 Å². The van der Waals surface area contributed by atoms with Crippen molar-refractivity contribution < 1.29 is 22.7 Å². The van der Waals surface area contributed by atoms with Gasteiger partial charge in [0.15, 0.2) is 0 Å². The smallest absolute Gasteiger partial charge is 0.412 e. The number of hydrogen-bond donors (Lipinski definition) is 1. The van der Waals surface area contributed by atoms with Crippen molar-refractivity contribution in [3.8, 4) is 0 Å². The fourth-order valence-electron chi connectivity index (χ4n) is 2.12. The summed E-state index contributed by atoms with van der Waals surface area (Å²) in [6, 6.07) is 8.74. The lowest BCUT2D eigenvalue weighted by Crippen LogP contribution is -2.63. The molecule has 0 spiro atoms. The molecule has 0 aromatic heterocycles. The summed E-state index contributed by atoms with van der Waals surface area (Å²) in [5, 5.41) is 1.92. The number of rotatable bonds is 3. The largest absolute Gasteiger partial charge is 0.445 e. The molecular formula is C14H14F3NO2. The van der Waals surface area contributed by atoms with Crippen LogP contribution < -0.4 is 5.32 Å². The van der Waals surface area contributed by atoms with Crippen molar-refractivity contribution in [2.75, 3.05) is 0 Å². The summed E-state index contributed by atoms with van der Waals surface area (Å²) in [5.41, 5.74) is -1.05. The summed E-state index contributed by atoms with van der Waals surface area (Å²) in [6.07, 6.45) is -6.17. The summed E-state index contributed by atoms with van der Waals surface area (Å²) in [6.45, 7) is 3.41. The summed E-state index contributed by atoms with van der Waals surface area (Å²) in [5.74, 6) is 0. The average Bonchev–Trinajstić information content (AvgIpc) is 2.34. The van der Waals surface area contributed by atoms with E-state index in [0.717, 1.165) is 0 Å². The van der Waals surface area contributed by atoms with Gasteiger partial charge >= 0.3 is 12.3 Å². The number of ether oxygens (including phenoxy) is 1. The van der Waals surface area contributed by atoms with E-state index < -0.39 is 17.8 Å². The number of carbonyl (C=O) groups excluding carboxylic acids is 1. The predicted octanol–water partition coefficient (Wildman–Crippen LogP) is 3.56. The lowest BCUT2D eigenvalue weighted by atomic mass is 9.73. The van der Waals surface area contributed by atoms with Crippen molar-refractivity contribution in [1.29, 1.82) is 0 Å². The highest BCUT2D eigenvalue weighted by Crippen LogP contribution is 2.47. The quantitative estimate of drug-likeness (QED) is 0.862. The van der Waals surface area contributed by atoms with Crippen molar-refractivity contribution >= 4 is 6.09 Å². The van der Waals surface area contributed by atoms with E-state index >= 15 is 0 Å². The van der Waals surface area contributed by atoms with Crippen molar-refractivity contribution in [2.45, 2.75) is 31.2 Å². The number of alkyl carbamates (subject to hydrolysis) is 1. The fraction of sp³-hybridized carbons (Fsp3) is 0.357. The standard InChI is InChI=1S/C14H14F3NO2/c1-10-7-13(8-10,14(15,16)17)18-12(19)20-9-11-5-3-2-4-6-11/h2-6H,1,7-9H2,(H,18,19). The second kappa shape index (κ2) is 5.19. The normalized spacial score (nSPS) is 17.2. The van der Waals surface area contributed by atoms with Crippen LogP contribution in [-0.2, 0) is 11.3 Å². The van der Waals surface area contributed by atoms with Gasteiger partial charge in [-0.2, -0.15) is 13.2 Å². The predicted molar refractivity (Wildman–Crippen MR) is 66.9 cm³/mol. The zero-order chi connectivity index (χ0) is 14.8. The minimum absolute atomic E-state index is 0.0679. The van der Waals surface area contributed by atoms with Crippen molar-refractivity contribution in [3.05, 3.63) is 48.0 Å². The van der Waals surface area contributed by atoms with E-state index in [1.54, 1.807) is 30.3 Å². The maximum absolute atomic E-state index is 12.9. The van der Waals surface area contributed by atoms with Gasteiger partial charge in [-0.3, -0.25) is 0 Å². The molecule has 1 N–H and O–H groups in total. The number of carbonyl (C=O) groups is 1. The molecule has 1 aromatic rings. The summed E-state index contributed by atoms with van der Waals surface area (Å²) >= 11 is 0. The van der Waals surface area contributed by atoms with E-state index in [0.29, 0.717) is 11.1 Å². The SMILES string of the molecule is C=C1CC(NC(=O)OCc2ccccc2)(C(F)(F)F)C1. The second-order valence-corrected chi connectivity index (χ2v) is 4.87. The van der Waals surface area contributed by atoms with Crippen LogP contribution in [0.25, 0.3) is 0 Å². The Bertz CT molecular complexity index is 503. The molecule has 2 rings (SSSR count). The second-order valence-electron chi connectivity index (χ2n) is 4.87. The molecule has 6 heteroatoms. The van der Waals surface area contributed by atoms with Crippen molar-refractivity contribution in [3.63, 3.8) is 0 Å². The molecule has 1 aromatic carbocycles. The molecule has 0 radical (unpaired) electrons. The Hall–Kier alpha value is -1.98. The van der Waals surface area contributed by atoms with Crippen LogP contribution in [0.5, 0.6) is 0 Å². The molecule has 0 atom stereocenters. The maximum Gasteiger partial charge on any atom is 0.412 e. The maximum atomic E-state index is 12.9. The highest BCUT2D eigenvalue weighted by molar-refractivity contribution is 5.69. The minimum atomic E-state index is -4.51. The molecule has 1 amide bonds. The molecule has 0 bridgehead atoms. The Morgan fingerprint density at radius 2 is 1.90 bits per heavy atom. The summed E-state index contributed by atoms with van der Waals surface area (Å²) < 4.78 is 43.6. The molecule has 1 aliphatic carbocycles. The van der Waals surface area contributed by atoms with Gasteiger partial charge < -0.3 is 10.1 Å². The van der Waals surface area contributed by atoms with Gasteiger partial charge in [0.1, 0.15) is 12.1 Å². The third-order valence-electron chi connectivity index (χ3n) is 3.20. The molecule has 0 saturated heterocycles. The van der Waals surface area contributed by atoms with E-state index in [2.05, 4.69) is 6.58 Å². The molecule has 20 heavy (non-hydrogen) atoms. The molecule has 1 saturated carbocycles. The number of benzene rings is 1. The molecule has 1 fully saturated rings. The van der Waals surface area contributed by atoms with Gasteiger partial charge in [0.2, 0.25) is 0 Å². The van der Waals surface area contributed by atoms with E-state index in [1.165, 1.54) is 0 Å². The van der Waals surface area contributed by atoms with E-state index in [1.807, 2.05) is 5.32 Å². The molecule has 3 nitrogen and oxygen atoms in total. The third-order valence-corrected chi connectivity index (χ3v) is 3.20. The molecule has 0 unspecified atom stereocenters. The Morgan fingerprint density at radius 3 is 2.40 bits per heavy atom. The highest BCUT2D eigenvalue weighted by Gasteiger charge is 2.61. The van der Waals surface area contributed by atoms with Gasteiger partial charge in [-0.25, -0.2) is 4.79 Å². The van der Waals surface area contributed by atoms with Crippen LogP contribution >= 0.6 is 0 Å². The average molecular weight is 285 g/mol. The minimum Gasteiger partial charge on any atom is -0.445 e. The van der Waals surface area contributed by atoms with E-state index in [4.69, 9.17) is 4.74 Å². The summed E-state index contributed by atoms with van der Waals surface area (Å²) in [4.78, 5) is 11.5. The highest BCUT2D eigenvalue weighted by atomic mass is 19.4. The first kappa shape index (κ1) is 14.4. The number of amides is 1. The van der Waals surface area contributed by atoms with Gasteiger partial charge in [0.25, 0.3) is 0 Å². The lowest BCUT2D eigenvalue weighted by Gasteiger charge is -2.44. The third kappa shape index (κ3) is 2.95. The van der Waals surface area contributed by atoms with Gasteiger partial charge in [0, 0.05) is 12.8 Å². The number of halogens is 3. The monoisotopic (exact) mass is 285 g/mol. The van der Waals surface area contributed by atoms with Gasteiger partial charge in [-0.1, -0.05) is 42.5 Å². The first-order valence-corrected chi connectivity index (χ1v) is 6.05. The Kier molecular flexibility index (Phi) is 3.74. The van der Waals surface area contributed by atoms with E-state index in [-0.39, 0.29) is 19.4 Å². The van der Waals surface area contributed by atoms with Crippen LogP contribution in [0.4, 0.5) is 18.0 Å². The van der Waals surface area contributed by atoms with Crippen LogP contribution in [0.15, 0.2) is 42.5 Å². The van der Waals surface area contributed by atoms with Crippen LogP contribution in [0.3, 0.4) is 0 Å². The Labute approximate surface area is 114 Å². The fourth-order valence-corrected chi connectivity index (χ4v) is 2.12. The first-order chi connectivity index (χ1) is 9.32. The van der Waals surface area contributed by atoms with Crippen LogP contribution in [0, 0.1) is 0 Å². The molecule has 108 valence electrons. The number of hydrogen-bond acceptors (Lipinski definition) is 2. The van der Waals surface area contributed by atoms with Gasteiger partial charge in [-0.15, -0.1) is 0 Å². The zero-order valence-electron chi connectivity index (χ0n) is 10.7. The van der Waals surface area contributed by atoms with Crippen molar-refractivity contribution in [1.82, 2.24) is 5.32 Å². The van der Waals surface area contributed by atoms with Crippen LogP contribution in [0.1, 0.15) is 18.4 Å². The molecule has 1 aliphatic rings.